The van der Waals surface area contributed by atoms with E-state index < -0.39 is 29.0 Å². The number of benzene rings is 3. The number of hydrogen-bond donors (Lipinski definition) is 3. The predicted molar refractivity (Wildman–Crippen MR) is 378 cm³/mol. The Bertz CT molecular complexity index is 5190. The molecule has 3 aliphatic rings. The number of para-hydroxylation sites is 1. The van der Waals surface area contributed by atoms with Crippen molar-refractivity contribution in [1.29, 1.82) is 0 Å². The molecule has 3 atom stereocenters. The van der Waals surface area contributed by atoms with Crippen molar-refractivity contribution >= 4 is 68.3 Å². The van der Waals surface area contributed by atoms with Gasteiger partial charge in [-0.15, -0.1) is 0 Å². The summed E-state index contributed by atoms with van der Waals surface area (Å²) in [5.74, 6) is -2.77. The molecule has 3 aliphatic heterocycles. The molecule has 12 heterocycles. The summed E-state index contributed by atoms with van der Waals surface area (Å²) in [5.41, 5.74) is 25.2. The topological polar surface area (TPSA) is 336 Å². The van der Waals surface area contributed by atoms with E-state index in [9.17, 15) is 31.9 Å². The van der Waals surface area contributed by atoms with Gasteiger partial charge in [-0.2, -0.15) is 19.7 Å². The molecule has 12 aromatic rings. The van der Waals surface area contributed by atoms with E-state index in [1.807, 2.05) is 41.9 Å². The number of fused-ring (bicyclic) bond motifs is 3. The van der Waals surface area contributed by atoms with Gasteiger partial charge in [0.15, 0.2) is 40.1 Å². The number of rotatable bonds is 15. The molecule has 0 radical (unpaired) electrons. The molecule has 27 nitrogen and oxygen atoms in total. The standard InChI is InChI=1S/C25H25N7O2.2C24H21F2N7O2/c1-3-21(33)31-12-4-5-18(14-31)32-25-22(24(26)28-15-29-25)23(30-32)17-8-11-20(27-13-17)34-19-9-6-16(2)7-10-19;1-2-19(34)32-10-4-5-15(12-32)33-24-20(23(27)29-13-30-24)22(31-33)14-8-9-18(28-11-14)35-17-7-3-6-16(25)21(17)26;1-2-19(34)32-10-4-5-15(12-32)33-24-20(23(27)29-13-30-24)21(31-33)14-8-9-18(28-11-14)35-22-16(25)6-3-7-17(22)26/h3,6-11,13,15,18H,1,4-5,12,14H2,2H3,(H2,26,28,29);2*2-3,6-9,11,13,15H,1,4-5,10,12H2,(H2,27,29,30)/t18-;2*15-/m111/s1. The molecule has 0 spiro atoms. The molecule has 0 saturated carbocycles. The van der Waals surface area contributed by atoms with Crippen molar-refractivity contribution in [2.75, 3.05) is 56.5 Å². The van der Waals surface area contributed by atoms with Crippen LogP contribution in [-0.4, -0.2) is 146 Å². The van der Waals surface area contributed by atoms with Gasteiger partial charge in [0.1, 0.15) is 59.3 Å². The van der Waals surface area contributed by atoms with Gasteiger partial charge in [0.05, 0.1) is 34.3 Å². The average molecular weight is 1410 g/mol. The molecule has 0 aliphatic carbocycles. The summed E-state index contributed by atoms with van der Waals surface area (Å²) in [6, 6.07) is 24.7. The summed E-state index contributed by atoms with van der Waals surface area (Å²) >= 11 is 0. The minimum absolute atomic E-state index is 0.0107. The molecular weight excluding hydrogens is 1340 g/mol. The summed E-state index contributed by atoms with van der Waals surface area (Å²) in [4.78, 5) is 80.3. The number of carbonyl (C=O) groups is 3. The van der Waals surface area contributed by atoms with Crippen molar-refractivity contribution in [1.82, 2.24) is 88.9 Å². The molecule has 528 valence electrons. The van der Waals surface area contributed by atoms with Crippen LogP contribution in [0.5, 0.6) is 34.9 Å². The first-order chi connectivity index (χ1) is 50.4. The second kappa shape index (κ2) is 30.4. The predicted octanol–water partition coefficient (Wildman–Crippen LogP) is 11.7. The fraction of sp³-hybridized carbons (Fsp3) is 0.219. The number of aromatic nitrogens is 15. The van der Waals surface area contributed by atoms with E-state index in [-0.39, 0.29) is 65.0 Å². The normalized spacial score (nSPS) is 15.9. The number of ether oxygens (including phenoxy) is 3. The molecule has 6 N–H and O–H groups in total. The van der Waals surface area contributed by atoms with Crippen molar-refractivity contribution in [3.05, 3.63) is 201 Å². The number of nitrogens with two attached hydrogens (primary N) is 3. The summed E-state index contributed by atoms with van der Waals surface area (Å²) in [6.07, 6.45) is 17.8. The molecule has 0 unspecified atom stereocenters. The molecule has 0 bridgehead atoms. The fourth-order valence-electron chi connectivity index (χ4n) is 12.6. The minimum atomic E-state index is -1.09. The number of nitrogen functional groups attached to an aromatic ring is 3. The maximum atomic E-state index is 13.9. The van der Waals surface area contributed by atoms with Gasteiger partial charge in [-0.3, -0.25) is 14.4 Å². The van der Waals surface area contributed by atoms with Crippen LogP contribution in [0.3, 0.4) is 0 Å². The Kier molecular flexibility index (Phi) is 20.3. The number of nitrogens with zero attached hydrogens (tertiary/aromatic N) is 18. The zero-order valence-corrected chi connectivity index (χ0v) is 56.0. The SMILES string of the molecule is C=CC(=O)N1CCC[C@@H](n2nc(-c3ccc(Oc4c(F)cccc4F)nc3)c3c(N)ncnc32)C1.C=CC(=O)N1CCC[C@@H](n2nc(-c3ccc(Oc4ccc(C)cc4)nc3)c3c(N)ncnc32)C1.C=CC(=O)N1CCC[C@@H](n2nc(-c3ccc(Oc4cccc(F)c4F)nc3)c3c(N)ncnc32)C1. The molecule has 3 fully saturated rings. The van der Waals surface area contributed by atoms with Crippen LogP contribution in [0.4, 0.5) is 35.0 Å². The number of carbonyl (C=O) groups excluding carboxylic acids is 3. The van der Waals surface area contributed by atoms with Crippen molar-refractivity contribution in [2.24, 2.45) is 0 Å². The third-order valence-corrected chi connectivity index (χ3v) is 17.8. The largest absolute Gasteiger partial charge is 0.439 e. The van der Waals surface area contributed by atoms with E-state index in [0.29, 0.717) is 118 Å². The highest BCUT2D eigenvalue weighted by Crippen LogP contribution is 2.39. The highest BCUT2D eigenvalue weighted by atomic mass is 19.2. The van der Waals surface area contributed by atoms with Crippen molar-refractivity contribution < 1.29 is 46.2 Å². The Morgan fingerprint density at radius 3 is 1.19 bits per heavy atom. The number of piperidine rings is 3. The smallest absolute Gasteiger partial charge is 0.246 e. The average Bonchev–Trinajstić information content (AvgIpc) is 1.62. The van der Waals surface area contributed by atoms with Crippen LogP contribution in [0, 0.1) is 30.2 Å². The van der Waals surface area contributed by atoms with E-state index in [1.165, 1.54) is 79.9 Å². The second-order valence-electron chi connectivity index (χ2n) is 24.5. The van der Waals surface area contributed by atoms with Crippen LogP contribution in [0.25, 0.3) is 66.9 Å². The first-order valence-electron chi connectivity index (χ1n) is 33.0. The van der Waals surface area contributed by atoms with E-state index in [2.05, 4.69) is 64.6 Å². The molecule has 31 heteroatoms. The molecule has 3 saturated heterocycles. The zero-order valence-electron chi connectivity index (χ0n) is 56.0. The van der Waals surface area contributed by atoms with E-state index in [4.69, 9.17) is 46.7 Å². The molecule has 3 aromatic carbocycles. The van der Waals surface area contributed by atoms with E-state index >= 15 is 0 Å². The Hall–Kier alpha value is -13.1. The van der Waals surface area contributed by atoms with Gasteiger partial charge >= 0.3 is 0 Å². The Balaban J connectivity index is 0.000000139. The van der Waals surface area contributed by atoms with Gasteiger partial charge in [-0.1, -0.05) is 49.6 Å². The molecule has 9 aromatic heterocycles. The monoisotopic (exact) mass is 1410 g/mol. The van der Waals surface area contributed by atoms with Gasteiger partial charge in [0, 0.05) is 92.7 Å². The first-order valence-corrected chi connectivity index (χ1v) is 33.0. The number of anilines is 3. The number of pyridine rings is 3. The number of aryl methyl sites for hydroxylation is 1. The molecule has 3 amide bonds. The van der Waals surface area contributed by atoms with Gasteiger partial charge in [0.25, 0.3) is 0 Å². The lowest BCUT2D eigenvalue weighted by atomic mass is 10.1. The summed E-state index contributed by atoms with van der Waals surface area (Å²) in [5, 5.41) is 16.2. The second-order valence-corrected chi connectivity index (χ2v) is 24.5. The molecule has 15 rings (SSSR count). The lowest BCUT2D eigenvalue weighted by molar-refractivity contribution is -0.128. The third-order valence-electron chi connectivity index (χ3n) is 17.8. The lowest BCUT2D eigenvalue weighted by Gasteiger charge is -2.32. The number of amides is 3. The van der Waals surface area contributed by atoms with Gasteiger partial charge in [-0.25, -0.2) is 72.1 Å². The summed E-state index contributed by atoms with van der Waals surface area (Å²) < 4.78 is 77.2. The summed E-state index contributed by atoms with van der Waals surface area (Å²) in [7, 11) is 0. The molecular formula is C73H67F4N21O6. The number of halogens is 4. The van der Waals surface area contributed by atoms with Crippen LogP contribution in [0.1, 0.15) is 62.2 Å². The lowest BCUT2D eigenvalue weighted by Crippen LogP contribution is -2.40. The van der Waals surface area contributed by atoms with Gasteiger partial charge in [0.2, 0.25) is 46.9 Å². The van der Waals surface area contributed by atoms with Crippen molar-refractivity contribution in [2.45, 2.75) is 63.6 Å². The Morgan fingerprint density at radius 1 is 0.452 bits per heavy atom. The van der Waals surface area contributed by atoms with Crippen LogP contribution in [0.15, 0.2) is 173 Å². The van der Waals surface area contributed by atoms with Crippen LogP contribution < -0.4 is 31.4 Å². The Labute approximate surface area is 591 Å². The van der Waals surface area contributed by atoms with Gasteiger partial charge in [-0.05, 0) is 118 Å². The van der Waals surface area contributed by atoms with Crippen LogP contribution in [0.2, 0.25) is 0 Å². The molecule has 104 heavy (non-hydrogen) atoms. The fourth-order valence-corrected chi connectivity index (χ4v) is 12.6. The number of hydrogen-bond acceptors (Lipinski definition) is 21. The van der Waals surface area contributed by atoms with E-state index in [0.717, 1.165) is 67.9 Å². The zero-order chi connectivity index (χ0) is 72.7. The first kappa shape index (κ1) is 69.4. The minimum Gasteiger partial charge on any atom is -0.439 e. The van der Waals surface area contributed by atoms with Crippen molar-refractivity contribution in [3.63, 3.8) is 0 Å². The van der Waals surface area contributed by atoms with Crippen molar-refractivity contribution in [3.8, 4) is 68.7 Å². The van der Waals surface area contributed by atoms with Crippen LogP contribution in [-0.2, 0) is 14.4 Å². The third kappa shape index (κ3) is 14.6. The maximum Gasteiger partial charge on any atom is 0.246 e. The maximum absolute atomic E-state index is 13.9. The quantitative estimate of drug-likeness (QED) is 0.0634. The highest BCUT2D eigenvalue weighted by molar-refractivity contribution is 6.00. The summed E-state index contributed by atoms with van der Waals surface area (Å²) in [6.45, 7) is 16.3. The van der Waals surface area contributed by atoms with Gasteiger partial charge < -0.3 is 46.1 Å². The highest BCUT2D eigenvalue weighted by Gasteiger charge is 2.32. The van der Waals surface area contributed by atoms with E-state index in [1.54, 1.807) is 48.5 Å². The van der Waals surface area contributed by atoms with Crippen LogP contribution >= 0.6 is 0 Å². The number of likely N-dealkylation sites (tertiary alicyclic amines) is 3. The Morgan fingerprint density at radius 2 is 0.817 bits per heavy atom.